The Morgan fingerprint density at radius 3 is 2.50 bits per heavy atom. The van der Waals surface area contributed by atoms with E-state index in [1.165, 1.54) is 16.3 Å². The molecule has 1 saturated carbocycles. The fraction of sp³-hybridized carbons (Fsp3) is 0.450. The molecule has 0 bridgehead atoms. The lowest BCUT2D eigenvalue weighted by molar-refractivity contribution is -0.133. The van der Waals surface area contributed by atoms with E-state index in [0.29, 0.717) is 6.54 Å². The van der Waals surface area contributed by atoms with E-state index in [4.69, 9.17) is 0 Å². The molecule has 0 saturated heterocycles. The minimum atomic E-state index is -0.655. The fourth-order valence-corrected chi connectivity index (χ4v) is 3.36. The molecule has 2 aromatic rings. The summed E-state index contributed by atoms with van der Waals surface area (Å²) >= 11 is 0. The van der Waals surface area contributed by atoms with Crippen molar-refractivity contribution in [3.63, 3.8) is 0 Å². The van der Waals surface area contributed by atoms with Crippen LogP contribution in [0.5, 0.6) is 0 Å². The molecule has 1 aliphatic carbocycles. The summed E-state index contributed by atoms with van der Waals surface area (Å²) in [6.45, 7) is 1.87. The van der Waals surface area contributed by atoms with Gasteiger partial charge in [-0.2, -0.15) is 0 Å². The highest BCUT2D eigenvalue weighted by molar-refractivity contribution is 5.85. The first-order chi connectivity index (χ1) is 11.5. The molecule has 0 radical (unpaired) electrons. The molecule has 0 heterocycles. The number of rotatable bonds is 6. The van der Waals surface area contributed by atoms with Crippen LogP contribution in [0.25, 0.3) is 10.8 Å². The van der Waals surface area contributed by atoms with Gasteiger partial charge < -0.3 is 15.1 Å². The van der Waals surface area contributed by atoms with Crippen molar-refractivity contribution < 1.29 is 15.0 Å². The molecule has 2 aromatic carbocycles. The van der Waals surface area contributed by atoms with Gasteiger partial charge in [0.15, 0.2) is 0 Å². The molecule has 24 heavy (non-hydrogen) atoms. The molecule has 1 aliphatic rings. The van der Waals surface area contributed by atoms with Crippen LogP contribution in [0.3, 0.4) is 0 Å². The molecule has 0 aromatic heterocycles. The van der Waals surface area contributed by atoms with E-state index in [2.05, 4.69) is 30.3 Å². The lowest BCUT2D eigenvalue weighted by Gasteiger charge is -2.30. The van der Waals surface area contributed by atoms with Crippen molar-refractivity contribution in [2.75, 3.05) is 26.8 Å². The molecule has 2 atom stereocenters. The summed E-state index contributed by atoms with van der Waals surface area (Å²) in [5, 5.41) is 21.2. The van der Waals surface area contributed by atoms with Gasteiger partial charge in [-0.15, -0.1) is 0 Å². The topological polar surface area (TPSA) is 60.8 Å². The first kappa shape index (κ1) is 16.9. The van der Waals surface area contributed by atoms with Gasteiger partial charge in [0.25, 0.3) is 0 Å². The van der Waals surface area contributed by atoms with E-state index in [1.807, 2.05) is 12.1 Å². The molecule has 3 rings (SSSR count). The summed E-state index contributed by atoms with van der Waals surface area (Å²) in [5.41, 5.74) is 0.560. The highest BCUT2D eigenvalue weighted by atomic mass is 16.3. The Kier molecular flexibility index (Phi) is 4.61. The number of benzene rings is 2. The second-order valence-corrected chi connectivity index (χ2v) is 7.38. The number of fused-ring (bicyclic) bond motifs is 1. The smallest absolute Gasteiger partial charge is 0.226 e. The number of carbonyl (C=O) groups excluding carboxylic acids is 1. The molecule has 128 valence electrons. The molecule has 4 nitrogen and oxygen atoms in total. The Morgan fingerprint density at radius 1 is 1.17 bits per heavy atom. The van der Waals surface area contributed by atoms with Crippen molar-refractivity contribution in [3.05, 3.63) is 48.0 Å². The zero-order valence-corrected chi connectivity index (χ0v) is 14.3. The quantitative estimate of drug-likeness (QED) is 0.856. The molecular weight excluding hydrogens is 302 g/mol. The summed E-state index contributed by atoms with van der Waals surface area (Å²) in [5.74, 6) is 0.387. The third kappa shape index (κ3) is 3.30. The summed E-state index contributed by atoms with van der Waals surface area (Å²) in [4.78, 5) is 14.3. The lowest BCUT2D eigenvalue weighted by Crippen LogP contribution is -2.42. The highest BCUT2D eigenvalue weighted by Crippen LogP contribution is 2.49. The van der Waals surface area contributed by atoms with Gasteiger partial charge in [0.1, 0.15) is 0 Å². The normalized spacial score (nSPS) is 20.2. The number of nitrogens with zero attached hydrogens (tertiary/aromatic N) is 1. The van der Waals surface area contributed by atoms with E-state index in [1.54, 1.807) is 18.9 Å². The van der Waals surface area contributed by atoms with Crippen LogP contribution >= 0.6 is 0 Å². The molecular formula is C20H25NO3. The Morgan fingerprint density at radius 2 is 1.83 bits per heavy atom. The first-order valence-electron chi connectivity index (χ1n) is 8.43. The molecule has 0 spiro atoms. The summed E-state index contributed by atoms with van der Waals surface area (Å²) < 4.78 is 0. The van der Waals surface area contributed by atoms with Crippen LogP contribution in [0, 0.1) is 11.3 Å². The average molecular weight is 327 g/mol. The maximum atomic E-state index is 12.6. The van der Waals surface area contributed by atoms with Crippen molar-refractivity contribution in [2.45, 2.75) is 19.3 Å². The van der Waals surface area contributed by atoms with E-state index in [-0.39, 0.29) is 31.0 Å². The van der Waals surface area contributed by atoms with Crippen LogP contribution in [-0.2, 0) is 4.79 Å². The standard InChI is InChI=1S/C20H25NO3/c1-20(12-22,13-23)11-21(2)19(24)18-10-17(18)16-8-7-14-5-3-4-6-15(14)9-16/h3-9,17-18,22-23H,10-13H2,1-2H3. The minimum absolute atomic E-state index is 0.0118. The van der Waals surface area contributed by atoms with E-state index in [9.17, 15) is 15.0 Å². The van der Waals surface area contributed by atoms with Crippen LogP contribution in [0.15, 0.2) is 42.5 Å². The van der Waals surface area contributed by atoms with Crippen molar-refractivity contribution >= 4 is 16.7 Å². The third-order valence-corrected chi connectivity index (χ3v) is 5.07. The summed E-state index contributed by atoms with van der Waals surface area (Å²) in [6.07, 6.45) is 0.872. The van der Waals surface area contributed by atoms with Gasteiger partial charge in [-0.1, -0.05) is 49.4 Å². The zero-order valence-electron chi connectivity index (χ0n) is 14.3. The third-order valence-electron chi connectivity index (χ3n) is 5.07. The van der Waals surface area contributed by atoms with E-state index in [0.717, 1.165) is 6.42 Å². The number of amides is 1. The molecule has 1 fully saturated rings. The number of hydrogen-bond acceptors (Lipinski definition) is 3. The summed E-state index contributed by atoms with van der Waals surface area (Å²) in [6, 6.07) is 14.7. The maximum absolute atomic E-state index is 12.6. The second-order valence-electron chi connectivity index (χ2n) is 7.38. The van der Waals surface area contributed by atoms with Crippen LogP contribution in [0.2, 0.25) is 0 Å². The Bertz CT molecular complexity index is 738. The van der Waals surface area contributed by atoms with Crippen LogP contribution < -0.4 is 0 Å². The van der Waals surface area contributed by atoms with Crippen LogP contribution in [0.1, 0.15) is 24.8 Å². The first-order valence-corrected chi connectivity index (χ1v) is 8.43. The predicted octanol–water partition coefficient (Wildman–Crippen LogP) is 2.39. The predicted molar refractivity (Wildman–Crippen MR) is 94.7 cm³/mol. The lowest BCUT2D eigenvalue weighted by atomic mass is 9.92. The van der Waals surface area contributed by atoms with Gasteiger partial charge in [-0.05, 0) is 28.7 Å². The van der Waals surface area contributed by atoms with Crippen molar-refractivity contribution in [1.82, 2.24) is 4.90 Å². The van der Waals surface area contributed by atoms with Gasteiger partial charge in [0.05, 0.1) is 13.2 Å². The molecule has 2 unspecified atom stereocenters. The molecule has 2 N–H and O–H groups in total. The van der Waals surface area contributed by atoms with Crippen LogP contribution in [-0.4, -0.2) is 47.8 Å². The Balaban J connectivity index is 1.68. The van der Waals surface area contributed by atoms with E-state index < -0.39 is 5.41 Å². The number of aliphatic hydroxyl groups is 2. The SMILES string of the molecule is CN(CC(C)(CO)CO)C(=O)C1CC1c1ccc2ccccc2c1. The molecule has 1 amide bonds. The minimum Gasteiger partial charge on any atom is -0.396 e. The van der Waals surface area contributed by atoms with Crippen molar-refractivity contribution in [2.24, 2.45) is 11.3 Å². The highest BCUT2D eigenvalue weighted by Gasteiger charge is 2.45. The Labute approximate surface area is 142 Å². The maximum Gasteiger partial charge on any atom is 0.226 e. The van der Waals surface area contributed by atoms with Crippen molar-refractivity contribution in [3.8, 4) is 0 Å². The van der Waals surface area contributed by atoms with Crippen molar-refractivity contribution in [1.29, 1.82) is 0 Å². The second kappa shape index (κ2) is 6.54. The van der Waals surface area contributed by atoms with Crippen LogP contribution in [0.4, 0.5) is 0 Å². The van der Waals surface area contributed by atoms with Gasteiger partial charge in [0, 0.05) is 24.9 Å². The van der Waals surface area contributed by atoms with Gasteiger partial charge in [0.2, 0.25) is 5.91 Å². The monoisotopic (exact) mass is 327 g/mol. The fourth-order valence-electron chi connectivity index (χ4n) is 3.36. The van der Waals surface area contributed by atoms with Gasteiger partial charge in [-0.25, -0.2) is 0 Å². The average Bonchev–Trinajstić information content (AvgIpc) is 3.41. The number of aliphatic hydroxyl groups excluding tert-OH is 2. The summed E-state index contributed by atoms with van der Waals surface area (Å²) in [7, 11) is 1.75. The number of carbonyl (C=O) groups is 1. The molecule has 0 aliphatic heterocycles. The number of hydrogen-bond donors (Lipinski definition) is 2. The zero-order chi connectivity index (χ0) is 17.3. The largest absolute Gasteiger partial charge is 0.396 e. The van der Waals surface area contributed by atoms with Gasteiger partial charge in [-0.3, -0.25) is 4.79 Å². The molecule has 4 heteroatoms. The van der Waals surface area contributed by atoms with E-state index >= 15 is 0 Å². The Hall–Kier alpha value is -1.91. The van der Waals surface area contributed by atoms with Gasteiger partial charge >= 0.3 is 0 Å².